The first-order chi connectivity index (χ1) is 12.6. The normalized spacial score (nSPS) is 10.7. The molecule has 2 heterocycles. The third-order valence-corrected chi connectivity index (χ3v) is 4.19. The smallest absolute Gasteiger partial charge is 0.170 e. The van der Waals surface area contributed by atoms with Gasteiger partial charge in [-0.3, -0.25) is 9.36 Å². The van der Waals surface area contributed by atoms with E-state index < -0.39 is 0 Å². The number of nitrogens with zero attached hydrogens (tertiary/aromatic N) is 4. The van der Waals surface area contributed by atoms with Crippen LogP contribution in [-0.2, 0) is 13.1 Å². The predicted octanol–water partition coefficient (Wildman–Crippen LogP) is 2.95. The Labute approximate surface area is 157 Å². The molecule has 0 fully saturated rings. The average molecular weight is 372 g/mol. The maximum atomic E-state index is 13.7. The zero-order valence-corrected chi connectivity index (χ0v) is 15.3. The molecule has 0 unspecified atom stereocenters. The van der Waals surface area contributed by atoms with Crippen molar-refractivity contribution in [3.8, 4) is 0 Å². The number of halogens is 1. The summed E-state index contributed by atoms with van der Waals surface area (Å²) >= 11 is 5.29. The zero-order chi connectivity index (χ0) is 18.4. The van der Waals surface area contributed by atoms with Gasteiger partial charge in [0.25, 0.3) is 0 Å². The summed E-state index contributed by atoms with van der Waals surface area (Å²) in [6, 6.07) is 8.66. The summed E-state index contributed by atoms with van der Waals surface area (Å²) in [5, 5.41) is 15.3. The third kappa shape index (κ3) is 4.89. The van der Waals surface area contributed by atoms with Gasteiger partial charge in [-0.05, 0) is 37.7 Å². The zero-order valence-electron chi connectivity index (χ0n) is 14.5. The standard InChI is InChI=1S/C18H21FN6S/c1-14-7-9-21-25(14)10-4-8-20-18(26)23-16-11-22-24(13-16)12-15-5-2-3-6-17(15)19/h2-3,5-7,9,11,13H,4,8,10,12H2,1H3,(H2,20,23,26). The number of rotatable bonds is 7. The van der Waals surface area contributed by atoms with Gasteiger partial charge in [-0.1, -0.05) is 18.2 Å². The molecule has 0 saturated carbocycles. The van der Waals surface area contributed by atoms with Crippen molar-refractivity contribution < 1.29 is 4.39 Å². The van der Waals surface area contributed by atoms with Gasteiger partial charge in [0.1, 0.15) is 5.82 Å². The molecule has 0 radical (unpaired) electrons. The largest absolute Gasteiger partial charge is 0.362 e. The Morgan fingerprint density at radius 2 is 2.08 bits per heavy atom. The van der Waals surface area contributed by atoms with Gasteiger partial charge in [-0.2, -0.15) is 10.2 Å². The second kappa shape index (κ2) is 8.57. The maximum Gasteiger partial charge on any atom is 0.170 e. The van der Waals surface area contributed by atoms with E-state index in [0.717, 1.165) is 30.9 Å². The molecule has 1 aromatic carbocycles. The predicted molar refractivity (Wildman–Crippen MR) is 104 cm³/mol. The lowest BCUT2D eigenvalue weighted by atomic mass is 10.2. The van der Waals surface area contributed by atoms with Crippen LogP contribution in [0, 0.1) is 12.7 Å². The van der Waals surface area contributed by atoms with Crippen molar-refractivity contribution in [2.24, 2.45) is 0 Å². The molecule has 0 aliphatic carbocycles. The number of benzene rings is 1. The van der Waals surface area contributed by atoms with Gasteiger partial charge in [0.15, 0.2) is 5.11 Å². The summed E-state index contributed by atoms with van der Waals surface area (Å²) in [7, 11) is 0. The van der Waals surface area contributed by atoms with Crippen molar-refractivity contribution in [2.45, 2.75) is 26.4 Å². The fourth-order valence-electron chi connectivity index (χ4n) is 2.55. The molecule has 0 amide bonds. The average Bonchev–Trinajstić information content (AvgIpc) is 3.23. The van der Waals surface area contributed by atoms with E-state index in [1.165, 1.54) is 6.07 Å². The van der Waals surface area contributed by atoms with E-state index in [1.807, 2.05) is 23.7 Å². The molecule has 8 heteroatoms. The molecule has 0 spiro atoms. The molecule has 0 aliphatic heterocycles. The van der Waals surface area contributed by atoms with E-state index in [9.17, 15) is 4.39 Å². The van der Waals surface area contributed by atoms with Crippen LogP contribution >= 0.6 is 12.2 Å². The Kier molecular flexibility index (Phi) is 5.96. The number of aromatic nitrogens is 4. The number of anilines is 1. The summed E-state index contributed by atoms with van der Waals surface area (Å²) in [4.78, 5) is 0. The molecule has 136 valence electrons. The first-order valence-corrected chi connectivity index (χ1v) is 8.82. The van der Waals surface area contributed by atoms with Crippen molar-refractivity contribution in [1.29, 1.82) is 0 Å². The molecule has 2 N–H and O–H groups in total. The number of hydrogen-bond donors (Lipinski definition) is 2. The van der Waals surface area contributed by atoms with Gasteiger partial charge in [0.2, 0.25) is 0 Å². The lowest BCUT2D eigenvalue weighted by Crippen LogP contribution is -2.29. The van der Waals surface area contributed by atoms with E-state index in [2.05, 4.69) is 20.8 Å². The SMILES string of the molecule is Cc1ccnn1CCCNC(=S)Nc1cnn(Cc2ccccc2F)c1. The monoisotopic (exact) mass is 372 g/mol. The highest BCUT2D eigenvalue weighted by molar-refractivity contribution is 7.80. The van der Waals surface area contributed by atoms with Crippen LogP contribution in [0.3, 0.4) is 0 Å². The fourth-order valence-corrected chi connectivity index (χ4v) is 2.77. The van der Waals surface area contributed by atoms with Gasteiger partial charge in [-0.25, -0.2) is 4.39 Å². The first kappa shape index (κ1) is 18.1. The first-order valence-electron chi connectivity index (χ1n) is 8.41. The van der Waals surface area contributed by atoms with Crippen molar-refractivity contribution >= 4 is 23.0 Å². The fraction of sp³-hybridized carbons (Fsp3) is 0.278. The Morgan fingerprint density at radius 1 is 1.23 bits per heavy atom. The third-order valence-electron chi connectivity index (χ3n) is 3.94. The molecule has 0 aliphatic rings. The molecule has 0 bridgehead atoms. The number of nitrogens with one attached hydrogen (secondary N) is 2. The molecule has 6 nitrogen and oxygen atoms in total. The van der Waals surface area contributed by atoms with Crippen molar-refractivity contribution in [1.82, 2.24) is 24.9 Å². The van der Waals surface area contributed by atoms with Crippen LogP contribution in [0.25, 0.3) is 0 Å². The highest BCUT2D eigenvalue weighted by atomic mass is 32.1. The minimum absolute atomic E-state index is 0.234. The van der Waals surface area contributed by atoms with Crippen LogP contribution in [0.1, 0.15) is 17.7 Å². The summed E-state index contributed by atoms with van der Waals surface area (Å²) in [5.41, 5.74) is 2.51. The molecule has 0 saturated heterocycles. The minimum Gasteiger partial charge on any atom is -0.362 e. The van der Waals surface area contributed by atoms with Gasteiger partial charge >= 0.3 is 0 Å². The summed E-state index contributed by atoms with van der Waals surface area (Å²) in [5.74, 6) is -0.234. The lowest BCUT2D eigenvalue weighted by molar-refractivity contribution is 0.561. The van der Waals surface area contributed by atoms with Crippen molar-refractivity contribution in [3.63, 3.8) is 0 Å². The molecule has 3 rings (SSSR count). The molecular formula is C18H21FN6S. The summed E-state index contributed by atoms with van der Waals surface area (Å²) < 4.78 is 17.3. The van der Waals surface area contributed by atoms with Crippen LogP contribution < -0.4 is 10.6 Å². The van der Waals surface area contributed by atoms with Gasteiger partial charge in [0, 0.05) is 36.7 Å². The number of aryl methyl sites for hydroxylation is 2. The molecule has 0 atom stereocenters. The Hall–Kier alpha value is -2.74. The van der Waals surface area contributed by atoms with Crippen LogP contribution in [0.4, 0.5) is 10.1 Å². The van der Waals surface area contributed by atoms with E-state index in [4.69, 9.17) is 12.2 Å². The van der Waals surface area contributed by atoms with Crippen LogP contribution in [0.15, 0.2) is 48.9 Å². The van der Waals surface area contributed by atoms with Crippen molar-refractivity contribution in [3.05, 3.63) is 66.0 Å². The molecular weight excluding hydrogens is 351 g/mol. The highest BCUT2D eigenvalue weighted by Crippen LogP contribution is 2.11. The lowest BCUT2D eigenvalue weighted by Gasteiger charge is -2.09. The summed E-state index contributed by atoms with van der Waals surface area (Å²) in [6.45, 7) is 3.99. The van der Waals surface area contributed by atoms with Crippen LogP contribution in [0.5, 0.6) is 0 Å². The number of hydrogen-bond acceptors (Lipinski definition) is 3. The molecule has 2 aromatic heterocycles. The van der Waals surface area contributed by atoms with Gasteiger partial charge in [0.05, 0.1) is 18.4 Å². The topological polar surface area (TPSA) is 59.7 Å². The van der Waals surface area contributed by atoms with Gasteiger partial charge < -0.3 is 10.6 Å². The number of thiocarbonyl (C=S) groups is 1. The van der Waals surface area contributed by atoms with Crippen LogP contribution in [-0.4, -0.2) is 31.2 Å². The maximum absolute atomic E-state index is 13.7. The van der Waals surface area contributed by atoms with E-state index in [-0.39, 0.29) is 5.82 Å². The van der Waals surface area contributed by atoms with Crippen LogP contribution in [0.2, 0.25) is 0 Å². The second-order valence-corrected chi connectivity index (χ2v) is 6.36. The van der Waals surface area contributed by atoms with E-state index in [1.54, 1.807) is 35.4 Å². The summed E-state index contributed by atoms with van der Waals surface area (Å²) in [6.07, 6.45) is 6.18. The Balaban J connectivity index is 1.43. The van der Waals surface area contributed by atoms with Gasteiger partial charge in [-0.15, -0.1) is 0 Å². The highest BCUT2D eigenvalue weighted by Gasteiger charge is 2.05. The Bertz CT molecular complexity index is 872. The van der Waals surface area contributed by atoms with E-state index >= 15 is 0 Å². The molecule has 3 aromatic rings. The Morgan fingerprint density at radius 3 is 2.85 bits per heavy atom. The second-order valence-electron chi connectivity index (χ2n) is 5.95. The minimum atomic E-state index is -0.234. The molecule has 26 heavy (non-hydrogen) atoms. The quantitative estimate of drug-likeness (QED) is 0.493. The van der Waals surface area contributed by atoms with E-state index in [0.29, 0.717) is 17.2 Å². The van der Waals surface area contributed by atoms with Crippen molar-refractivity contribution in [2.75, 3.05) is 11.9 Å².